The molecule has 6 nitrogen and oxygen atoms in total. The Bertz CT molecular complexity index is 723. The summed E-state index contributed by atoms with van der Waals surface area (Å²) in [7, 11) is 0. The van der Waals surface area contributed by atoms with E-state index in [0.29, 0.717) is 23.6 Å². The molecule has 2 heterocycles. The highest BCUT2D eigenvalue weighted by Gasteiger charge is 2.27. The van der Waals surface area contributed by atoms with Crippen molar-refractivity contribution in [1.82, 2.24) is 4.98 Å². The lowest BCUT2D eigenvalue weighted by atomic mass is 10.1. The van der Waals surface area contributed by atoms with E-state index in [1.54, 1.807) is 30.3 Å². The highest BCUT2D eigenvalue weighted by molar-refractivity contribution is 6.33. The number of aromatic nitrogens is 1. The van der Waals surface area contributed by atoms with Crippen LogP contribution >= 0.6 is 11.6 Å². The lowest BCUT2D eigenvalue weighted by molar-refractivity contribution is -0.191. The van der Waals surface area contributed by atoms with Crippen molar-refractivity contribution in [3.05, 3.63) is 52.8 Å². The summed E-state index contributed by atoms with van der Waals surface area (Å²) >= 11 is 5.96. The molecular formula is C16H15ClN2O4. The molecule has 2 aromatic rings. The van der Waals surface area contributed by atoms with Crippen LogP contribution in [0.4, 0.5) is 5.69 Å². The van der Waals surface area contributed by atoms with Crippen LogP contribution in [0.25, 0.3) is 0 Å². The monoisotopic (exact) mass is 334 g/mol. The summed E-state index contributed by atoms with van der Waals surface area (Å²) in [5.74, 6) is 0.252. The zero-order valence-corrected chi connectivity index (χ0v) is 13.2. The average molecular weight is 335 g/mol. The van der Waals surface area contributed by atoms with Gasteiger partial charge >= 0.3 is 0 Å². The highest BCUT2D eigenvalue weighted by atomic mass is 35.5. The maximum absolute atomic E-state index is 12.4. The predicted octanol–water partition coefficient (Wildman–Crippen LogP) is 3.39. The van der Waals surface area contributed by atoms with E-state index >= 15 is 0 Å². The van der Waals surface area contributed by atoms with Crippen molar-refractivity contribution in [2.75, 3.05) is 18.7 Å². The zero-order valence-electron chi connectivity index (χ0n) is 12.4. The molecule has 23 heavy (non-hydrogen) atoms. The topological polar surface area (TPSA) is 69.7 Å². The number of ether oxygens (including phenoxy) is 3. The van der Waals surface area contributed by atoms with Gasteiger partial charge in [-0.15, -0.1) is 0 Å². The first kappa shape index (κ1) is 15.7. The molecule has 1 N–H and O–H groups in total. The van der Waals surface area contributed by atoms with Crippen LogP contribution in [0, 0.1) is 0 Å². The van der Waals surface area contributed by atoms with Crippen molar-refractivity contribution in [2.45, 2.75) is 13.2 Å². The molecule has 0 saturated carbocycles. The van der Waals surface area contributed by atoms with Gasteiger partial charge in [0.1, 0.15) is 10.9 Å². The van der Waals surface area contributed by atoms with Crippen molar-refractivity contribution in [2.24, 2.45) is 0 Å². The number of anilines is 1. The maximum Gasteiger partial charge on any atom is 0.258 e. The summed E-state index contributed by atoms with van der Waals surface area (Å²) in [6.45, 7) is 2.44. The molecule has 1 aromatic carbocycles. The average Bonchev–Trinajstić information content (AvgIpc) is 2.56. The fraction of sp³-hybridized carbons (Fsp3) is 0.250. The van der Waals surface area contributed by atoms with Crippen molar-refractivity contribution < 1.29 is 19.0 Å². The second-order valence-corrected chi connectivity index (χ2v) is 5.09. The third kappa shape index (κ3) is 3.29. The van der Waals surface area contributed by atoms with Gasteiger partial charge in [0.2, 0.25) is 0 Å². The molecule has 1 unspecified atom stereocenters. The number of pyridine rings is 1. The smallest absolute Gasteiger partial charge is 0.258 e. The van der Waals surface area contributed by atoms with Crippen LogP contribution in [0.1, 0.15) is 29.1 Å². The van der Waals surface area contributed by atoms with Crippen molar-refractivity contribution in [3.8, 4) is 5.75 Å². The van der Waals surface area contributed by atoms with Gasteiger partial charge in [-0.25, -0.2) is 4.98 Å². The van der Waals surface area contributed by atoms with Gasteiger partial charge in [0, 0.05) is 12.8 Å². The van der Waals surface area contributed by atoms with E-state index in [9.17, 15) is 4.79 Å². The van der Waals surface area contributed by atoms with E-state index in [-0.39, 0.29) is 23.4 Å². The minimum Gasteiger partial charge on any atom is -0.467 e. The van der Waals surface area contributed by atoms with Gasteiger partial charge in [0.05, 0.1) is 16.8 Å². The molecule has 120 valence electrons. The Morgan fingerprint density at radius 2 is 2.30 bits per heavy atom. The van der Waals surface area contributed by atoms with E-state index in [2.05, 4.69) is 10.3 Å². The largest absolute Gasteiger partial charge is 0.467 e. The number of rotatable bonds is 4. The Morgan fingerprint density at radius 1 is 1.43 bits per heavy atom. The fourth-order valence-electron chi connectivity index (χ4n) is 2.29. The number of amides is 1. The van der Waals surface area contributed by atoms with E-state index in [0.717, 1.165) is 0 Å². The van der Waals surface area contributed by atoms with Crippen LogP contribution in [-0.2, 0) is 9.47 Å². The Hall–Kier alpha value is -2.15. The summed E-state index contributed by atoms with van der Waals surface area (Å²) in [5.41, 5.74) is 1.48. The molecule has 0 saturated heterocycles. The quantitative estimate of drug-likeness (QED) is 0.868. The third-order valence-electron chi connectivity index (χ3n) is 3.31. The zero-order chi connectivity index (χ0) is 16.2. The molecular weight excluding hydrogens is 320 g/mol. The van der Waals surface area contributed by atoms with Gasteiger partial charge in [0.15, 0.2) is 13.1 Å². The van der Waals surface area contributed by atoms with Crippen molar-refractivity contribution in [3.63, 3.8) is 0 Å². The number of benzene rings is 1. The van der Waals surface area contributed by atoms with Gasteiger partial charge in [0.25, 0.3) is 5.91 Å². The number of carbonyl (C=O) groups excluding carboxylic acids is 1. The number of nitrogens with one attached hydrogen (secondary N) is 1. The van der Waals surface area contributed by atoms with E-state index in [4.69, 9.17) is 25.8 Å². The van der Waals surface area contributed by atoms with Gasteiger partial charge in [-0.05, 0) is 31.2 Å². The Balaban J connectivity index is 1.92. The number of hydrogen-bond donors (Lipinski definition) is 1. The number of nitrogens with zero attached hydrogens (tertiary/aromatic N) is 1. The van der Waals surface area contributed by atoms with Gasteiger partial charge in [-0.2, -0.15) is 0 Å². The van der Waals surface area contributed by atoms with Gasteiger partial charge in [-0.3, -0.25) is 4.79 Å². The number of fused-ring (bicyclic) bond motifs is 1. The predicted molar refractivity (Wildman–Crippen MR) is 84.6 cm³/mol. The normalized spacial score (nSPS) is 16.3. The second kappa shape index (κ2) is 6.95. The van der Waals surface area contributed by atoms with Gasteiger partial charge in [-0.1, -0.05) is 17.7 Å². The van der Waals surface area contributed by atoms with Crippen molar-refractivity contribution in [1.29, 1.82) is 0 Å². The molecule has 0 fully saturated rings. The molecule has 1 aliphatic rings. The Kier molecular flexibility index (Phi) is 4.76. The maximum atomic E-state index is 12.4. The molecule has 1 aliphatic heterocycles. The molecule has 1 atom stereocenters. The lowest BCUT2D eigenvalue weighted by Gasteiger charge is -2.28. The first-order valence-corrected chi connectivity index (χ1v) is 7.49. The summed E-state index contributed by atoms with van der Waals surface area (Å²) < 4.78 is 16.5. The lowest BCUT2D eigenvalue weighted by Crippen LogP contribution is -2.22. The Labute approximate surface area is 138 Å². The molecule has 0 spiro atoms. The van der Waals surface area contributed by atoms with Crippen LogP contribution in [-0.4, -0.2) is 24.3 Å². The van der Waals surface area contributed by atoms with Crippen LogP contribution in [0.15, 0.2) is 36.5 Å². The summed E-state index contributed by atoms with van der Waals surface area (Å²) in [5, 5.41) is 2.95. The second-order valence-electron chi connectivity index (χ2n) is 4.73. The van der Waals surface area contributed by atoms with E-state index < -0.39 is 6.29 Å². The standard InChI is InChI=1S/C16H15ClN2O4/c1-2-21-16-13-11(6-3-7-12(13)22-9-23-16)19-15(20)10-5-4-8-18-14(10)17/h3-8,16H,2,9H2,1H3,(H,19,20). The molecule has 0 aliphatic carbocycles. The van der Waals surface area contributed by atoms with E-state index in [1.807, 2.05) is 6.92 Å². The van der Waals surface area contributed by atoms with Crippen LogP contribution in [0.3, 0.4) is 0 Å². The molecule has 0 radical (unpaired) electrons. The van der Waals surface area contributed by atoms with E-state index in [1.165, 1.54) is 6.20 Å². The first-order valence-electron chi connectivity index (χ1n) is 7.11. The minimum absolute atomic E-state index is 0.101. The van der Waals surface area contributed by atoms with Crippen molar-refractivity contribution >= 4 is 23.2 Å². The van der Waals surface area contributed by atoms with Crippen LogP contribution < -0.4 is 10.1 Å². The molecule has 3 rings (SSSR count). The number of carbonyl (C=O) groups is 1. The Morgan fingerprint density at radius 3 is 3.09 bits per heavy atom. The van der Waals surface area contributed by atoms with Crippen LogP contribution in [0.5, 0.6) is 5.75 Å². The van der Waals surface area contributed by atoms with Crippen LogP contribution in [0.2, 0.25) is 5.15 Å². The summed E-state index contributed by atoms with van der Waals surface area (Å²) in [6.07, 6.45) is 0.931. The minimum atomic E-state index is -0.593. The molecule has 7 heteroatoms. The van der Waals surface area contributed by atoms with Gasteiger partial charge < -0.3 is 19.5 Å². The first-order chi connectivity index (χ1) is 11.2. The SMILES string of the molecule is CCOC1OCOc2cccc(NC(=O)c3cccnc3Cl)c21. The highest BCUT2D eigenvalue weighted by Crippen LogP contribution is 2.38. The molecule has 1 amide bonds. The molecule has 0 bridgehead atoms. The molecule has 1 aromatic heterocycles. The number of hydrogen-bond acceptors (Lipinski definition) is 5. The third-order valence-corrected chi connectivity index (χ3v) is 3.61. The number of halogens is 1. The summed E-state index contributed by atoms with van der Waals surface area (Å²) in [4.78, 5) is 16.3. The summed E-state index contributed by atoms with van der Waals surface area (Å²) in [6, 6.07) is 8.60. The fourth-order valence-corrected chi connectivity index (χ4v) is 2.50.